The van der Waals surface area contributed by atoms with Gasteiger partial charge in [-0.25, -0.2) is 0 Å². The van der Waals surface area contributed by atoms with Crippen LogP contribution in [0, 0.1) is 0 Å². The van der Waals surface area contributed by atoms with Crippen molar-refractivity contribution < 1.29 is 4.79 Å². The average Bonchev–Trinajstić information content (AvgIpc) is 3.19. The van der Waals surface area contributed by atoms with Crippen molar-refractivity contribution in [3.8, 4) is 0 Å². The summed E-state index contributed by atoms with van der Waals surface area (Å²) in [5.74, 6) is 0.155. The zero-order chi connectivity index (χ0) is 16.5. The Morgan fingerprint density at radius 1 is 1.08 bits per heavy atom. The first kappa shape index (κ1) is 15.4. The number of thiophene rings is 1. The van der Waals surface area contributed by atoms with Crippen LogP contribution >= 0.6 is 11.3 Å². The highest BCUT2D eigenvalue weighted by molar-refractivity contribution is 7.17. The Morgan fingerprint density at radius 2 is 1.83 bits per heavy atom. The highest BCUT2D eigenvalue weighted by Gasteiger charge is 2.24. The number of hydrogen-bond acceptors (Lipinski definition) is 3. The fourth-order valence-corrected chi connectivity index (χ4v) is 4.08. The van der Waals surface area contributed by atoms with Crippen molar-refractivity contribution in [2.75, 3.05) is 33.2 Å². The lowest BCUT2D eigenvalue weighted by atomic mass is 10.2. The Labute approximate surface area is 145 Å². The Kier molecular flexibility index (Phi) is 4.12. The van der Waals surface area contributed by atoms with Crippen molar-refractivity contribution in [1.29, 1.82) is 0 Å². The van der Waals surface area contributed by atoms with Crippen LogP contribution < -0.4 is 0 Å². The number of likely N-dealkylation sites (N-methyl/N-ethyl adjacent to an activating group) is 1. The molecule has 0 spiro atoms. The van der Waals surface area contributed by atoms with Gasteiger partial charge in [-0.1, -0.05) is 30.3 Å². The molecule has 3 heterocycles. The molecule has 1 aliphatic rings. The summed E-state index contributed by atoms with van der Waals surface area (Å²) in [6.45, 7) is 4.23. The van der Waals surface area contributed by atoms with Gasteiger partial charge in [0, 0.05) is 32.7 Å². The van der Waals surface area contributed by atoms with E-state index in [0.29, 0.717) is 0 Å². The second kappa shape index (κ2) is 6.42. The summed E-state index contributed by atoms with van der Waals surface area (Å²) >= 11 is 1.70. The highest BCUT2D eigenvalue weighted by Crippen LogP contribution is 2.27. The average molecular weight is 339 g/mol. The number of nitrogens with zero attached hydrogens (tertiary/aromatic N) is 3. The van der Waals surface area contributed by atoms with E-state index in [4.69, 9.17) is 0 Å². The molecule has 124 valence electrons. The zero-order valence-corrected chi connectivity index (χ0v) is 14.6. The smallest absolute Gasteiger partial charge is 0.270 e. The van der Waals surface area contributed by atoms with E-state index in [1.807, 2.05) is 23.1 Å². The maximum atomic E-state index is 13.1. The van der Waals surface area contributed by atoms with E-state index in [-0.39, 0.29) is 5.91 Å². The van der Waals surface area contributed by atoms with Gasteiger partial charge < -0.3 is 14.4 Å². The SMILES string of the molecule is CN1CCN(C(=O)c2cc3sccc3n2Cc2ccccc2)CC1. The van der Waals surface area contributed by atoms with Crippen molar-refractivity contribution in [2.24, 2.45) is 0 Å². The lowest BCUT2D eigenvalue weighted by molar-refractivity contribution is 0.0654. The van der Waals surface area contributed by atoms with Gasteiger partial charge in [0.25, 0.3) is 5.91 Å². The molecule has 0 N–H and O–H groups in total. The first-order chi connectivity index (χ1) is 11.7. The summed E-state index contributed by atoms with van der Waals surface area (Å²) in [6.07, 6.45) is 0. The van der Waals surface area contributed by atoms with E-state index in [2.05, 4.69) is 46.2 Å². The van der Waals surface area contributed by atoms with E-state index >= 15 is 0 Å². The Balaban J connectivity index is 1.68. The van der Waals surface area contributed by atoms with Crippen LogP contribution in [0.4, 0.5) is 0 Å². The summed E-state index contributed by atoms with van der Waals surface area (Å²) in [5, 5.41) is 2.09. The fourth-order valence-electron chi connectivity index (χ4n) is 3.26. The van der Waals surface area contributed by atoms with Gasteiger partial charge in [-0.2, -0.15) is 0 Å². The molecule has 4 rings (SSSR count). The molecule has 2 aromatic heterocycles. The van der Waals surface area contributed by atoms with Gasteiger partial charge in [0.1, 0.15) is 5.69 Å². The molecule has 1 aromatic carbocycles. The topological polar surface area (TPSA) is 28.5 Å². The highest BCUT2D eigenvalue weighted by atomic mass is 32.1. The molecule has 4 nitrogen and oxygen atoms in total. The summed E-state index contributed by atoms with van der Waals surface area (Å²) in [5.41, 5.74) is 3.18. The number of carbonyl (C=O) groups excluding carboxylic acids is 1. The van der Waals surface area contributed by atoms with Gasteiger partial charge in [-0.3, -0.25) is 4.79 Å². The third-order valence-corrected chi connectivity index (χ3v) is 5.57. The number of fused-ring (bicyclic) bond motifs is 1. The maximum absolute atomic E-state index is 13.1. The van der Waals surface area contributed by atoms with Gasteiger partial charge in [-0.15, -0.1) is 11.3 Å². The van der Waals surface area contributed by atoms with Gasteiger partial charge in [0.2, 0.25) is 0 Å². The van der Waals surface area contributed by atoms with Crippen molar-refractivity contribution in [1.82, 2.24) is 14.4 Å². The number of rotatable bonds is 3. The number of amides is 1. The van der Waals surface area contributed by atoms with Crippen molar-refractivity contribution in [3.05, 3.63) is 59.1 Å². The molecule has 0 radical (unpaired) electrons. The van der Waals surface area contributed by atoms with Crippen LogP contribution in [0.25, 0.3) is 10.2 Å². The second-order valence-corrected chi connectivity index (χ2v) is 7.31. The number of benzene rings is 1. The van der Waals surface area contributed by atoms with Crippen molar-refractivity contribution in [2.45, 2.75) is 6.54 Å². The van der Waals surface area contributed by atoms with Gasteiger partial charge in [0.05, 0.1) is 10.2 Å². The second-order valence-electron chi connectivity index (χ2n) is 6.37. The number of hydrogen-bond donors (Lipinski definition) is 0. The predicted molar refractivity (Wildman–Crippen MR) is 98.8 cm³/mol. The first-order valence-corrected chi connectivity index (χ1v) is 9.19. The molecule has 0 atom stereocenters. The first-order valence-electron chi connectivity index (χ1n) is 8.31. The molecule has 1 fully saturated rings. The Hall–Kier alpha value is -2.11. The van der Waals surface area contributed by atoms with E-state index in [1.165, 1.54) is 10.3 Å². The molecule has 0 saturated carbocycles. The largest absolute Gasteiger partial charge is 0.335 e. The molecular formula is C19H21N3OS. The quantitative estimate of drug-likeness (QED) is 0.733. The van der Waals surface area contributed by atoms with Crippen LogP contribution in [0.15, 0.2) is 47.8 Å². The summed E-state index contributed by atoms with van der Waals surface area (Å²) in [4.78, 5) is 17.3. The summed E-state index contributed by atoms with van der Waals surface area (Å²) in [6, 6.07) is 14.5. The van der Waals surface area contributed by atoms with E-state index in [0.717, 1.165) is 43.9 Å². The van der Waals surface area contributed by atoms with E-state index in [1.54, 1.807) is 11.3 Å². The molecule has 5 heteroatoms. The summed E-state index contributed by atoms with van der Waals surface area (Å²) < 4.78 is 3.35. The van der Waals surface area contributed by atoms with Crippen molar-refractivity contribution in [3.63, 3.8) is 0 Å². The lowest BCUT2D eigenvalue weighted by Gasteiger charge is -2.32. The third-order valence-electron chi connectivity index (χ3n) is 4.72. The van der Waals surface area contributed by atoms with E-state index < -0.39 is 0 Å². The molecule has 3 aromatic rings. The normalized spacial score (nSPS) is 16.0. The minimum Gasteiger partial charge on any atom is -0.335 e. The standard InChI is InChI=1S/C19H21N3OS/c1-20-8-10-21(11-9-20)19(23)17-13-18-16(7-12-24-18)22(17)14-15-5-3-2-4-6-15/h2-7,12-13H,8-11,14H2,1H3. The van der Waals surface area contributed by atoms with Gasteiger partial charge >= 0.3 is 0 Å². The molecule has 1 amide bonds. The minimum absolute atomic E-state index is 0.155. The van der Waals surface area contributed by atoms with Crippen LogP contribution in [-0.2, 0) is 6.54 Å². The zero-order valence-electron chi connectivity index (χ0n) is 13.8. The molecule has 1 aliphatic heterocycles. The van der Waals surface area contributed by atoms with Crippen LogP contribution in [0.1, 0.15) is 16.1 Å². The molecule has 0 aliphatic carbocycles. The summed E-state index contributed by atoms with van der Waals surface area (Å²) in [7, 11) is 2.11. The number of piperazine rings is 1. The van der Waals surface area contributed by atoms with Crippen LogP contribution in [-0.4, -0.2) is 53.5 Å². The van der Waals surface area contributed by atoms with Crippen molar-refractivity contribution >= 4 is 27.5 Å². The lowest BCUT2D eigenvalue weighted by Crippen LogP contribution is -2.47. The molecule has 0 bridgehead atoms. The molecule has 0 unspecified atom stereocenters. The Bertz CT molecular complexity index is 844. The van der Waals surface area contributed by atoms with Crippen LogP contribution in [0.3, 0.4) is 0 Å². The monoisotopic (exact) mass is 339 g/mol. The number of carbonyl (C=O) groups is 1. The molecular weight excluding hydrogens is 318 g/mol. The van der Waals surface area contributed by atoms with E-state index in [9.17, 15) is 4.79 Å². The third kappa shape index (κ3) is 2.85. The predicted octanol–water partition coefficient (Wildman–Crippen LogP) is 3.14. The minimum atomic E-state index is 0.155. The van der Waals surface area contributed by atoms with Crippen LogP contribution in [0.5, 0.6) is 0 Å². The molecule has 1 saturated heterocycles. The van der Waals surface area contributed by atoms with Crippen LogP contribution in [0.2, 0.25) is 0 Å². The van der Waals surface area contributed by atoms with Gasteiger partial charge in [-0.05, 0) is 30.1 Å². The fraction of sp³-hybridized carbons (Fsp3) is 0.316. The number of aromatic nitrogens is 1. The molecule has 24 heavy (non-hydrogen) atoms. The Morgan fingerprint density at radius 3 is 2.58 bits per heavy atom. The maximum Gasteiger partial charge on any atom is 0.270 e. The van der Waals surface area contributed by atoms with Gasteiger partial charge in [0.15, 0.2) is 0 Å².